The molecule has 4 saturated heterocycles. The van der Waals surface area contributed by atoms with Gasteiger partial charge in [-0.1, -0.05) is 11.6 Å². The van der Waals surface area contributed by atoms with Gasteiger partial charge < -0.3 is 34.4 Å². The Labute approximate surface area is 237 Å². The Morgan fingerprint density at radius 3 is 2.62 bits per heavy atom. The van der Waals surface area contributed by atoms with Crippen molar-refractivity contribution in [3.8, 4) is 5.88 Å². The molecule has 4 aliphatic rings. The van der Waals surface area contributed by atoms with Crippen molar-refractivity contribution >= 4 is 34.6 Å². The fourth-order valence-electron chi connectivity index (χ4n) is 5.99. The Kier molecular flexibility index (Phi) is 7.93. The fraction of sp³-hybridized carbons (Fsp3) is 0.615. The van der Waals surface area contributed by atoms with E-state index in [0.29, 0.717) is 17.4 Å². The van der Waals surface area contributed by atoms with Gasteiger partial charge >= 0.3 is 0 Å². The first kappa shape index (κ1) is 27.4. The number of likely N-dealkylation sites (N-methyl/N-ethyl adjacent to an activating group) is 1. The second-order valence-electron chi connectivity index (χ2n) is 10.8. The minimum atomic E-state index is -0.696. The number of nitrogens with one attached hydrogen (secondary N) is 1. The number of anilines is 3. The summed E-state index contributed by atoms with van der Waals surface area (Å²) in [6, 6.07) is 5.60. The number of fused-ring (bicyclic) bond motifs is 1. The van der Waals surface area contributed by atoms with Crippen LogP contribution in [-0.4, -0.2) is 120 Å². The number of aliphatic hydroxyl groups excluding tert-OH is 1. The van der Waals surface area contributed by atoms with E-state index in [1.54, 1.807) is 12.1 Å². The van der Waals surface area contributed by atoms with Gasteiger partial charge in [0.05, 0.1) is 24.3 Å². The molecule has 4 fully saturated rings. The number of nitrogens with zero attached hydrogens (tertiary/aromatic N) is 6. The number of hydrogen-bond acceptors (Lipinski definition) is 12. The summed E-state index contributed by atoms with van der Waals surface area (Å²) in [5.74, 6) is 0.310. The maximum atomic E-state index is 12.0. The minimum Gasteiger partial charge on any atom is -0.468 e. The summed E-state index contributed by atoms with van der Waals surface area (Å²) in [5, 5.41) is 25.2. The Morgan fingerprint density at radius 2 is 1.88 bits per heavy atom. The van der Waals surface area contributed by atoms with Crippen LogP contribution < -0.4 is 15.0 Å². The van der Waals surface area contributed by atoms with Crippen LogP contribution in [0.2, 0.25) is 5.02 Å². The molecule has 14 heteroatoms. The quantitative estimate of drug-likeness (QED) is 0.368. The number of hydrogen-bond donors (Lipinski definition) is 2. The van der Waals surface area contributed by atoms with Gasteiger partial charge in [-0.25, -0.2) is 4.98 Å². The zero-order valence-electron chi connectivity index (χ0n) is 22.3. The van der Waals surface area contributed by atoms with Crippen LogP contribution in [0.4, 0.5) is 23.0 Å². The summed E-state index contributed by atoms with van der Waals surface area (Å²) >= 11 is 6.28. The molecule has 5 heterocycles. The van der Waals surface area contributed by atoms with Crippen LogP contribution in [0.15, 0.2) is 24.4 Å². The molecule has 0 unspecified atom stereocenters. The molecule has 1 aromatic heterocycles. The third kappa shape index (κ3) is 5.67. The van der Waals surface area contributed by atoms with Crippen molar-refractivity contribution in [3.63, 3.8) is 0 Å². The molecule has 2 N–H and O–H groups in total. The van der Waals surface area contributed by atoms with Gasteiger partial charge in [0.25, 0.3) is 5.69 Å². The molecule has 0 aliphatic carbocycles. The van der Waals surface area contributed by atoms with Gasteiger partial charge in [-0.15, -0.1) is 0 Å². The van der Waals surface area contributed by atoms with Crippen LogP contribution >= 0.6 is 11.6 Å². The van der Waals surface area contributed by atoms with Crippen molar-refractivity contribution in [1.82, 2.24) is 19.8 Å². The summed E-state index contributed by atoms with van der Waals surface area (Å²) in [5.41, 5.74) is 1.12. The summed E-state index contributed by atoms with van der Waals surface area (Å²) in [4.78, 5) is 27.3. The molecule has 4 atom stereocenters. The second-order valence-corrected chi connectivity index (χ2v) is 11.2. The molecule has 4 aliphatic heterocycles. The van der Waals surface area contributed by atoms with E-state index < -0.39 is 24.4 Å². The molecular weight excluding hydrogens is 542 g/mol. The van der Waals surface area contributed by atoms with Crippen LogP contribution in [0.3, 0.4) is 0 Å². The highest BCUT2D eigenvalue weighted by Gasteiger charge is 2.48. The highest BCUT2D eigenvalue weighted by atomic mass is 35.5. The third-order valence-electron chi connectivity index (χ3n) is 8.24. The lowest BCUT2D eigenvalue weighted by Crippen LogP contribution is -2.52. The molecule has 40 heavy (non-hydrogen) atoms. The largest absolute Gasteiger partial charge is 0.468 e. The molecule has 0 spiro atoms. The molecular formula is C26H34ClN7O6. The van der Waals surface area contributed by atoms with E-state index in [1.807, 2.05) is 0 Å². The maximum Gasteiger partial charge on any atom is 0.294 e. The minimum absolute atomic E-state index is 0.0274. The summed E-state index contributed by atoms with van der Waals surface area (Å²) in [6.45, 7) is 6.29. The molecule has 216 valence electrons. The smallest absolute Gasteiger partial charge is 0.294 e. The van der Waals surface area contributed by atoms with Crippen LogP contribution in [0.25, 0.3) is 0 Å². The number of piperidine rings is 1. The van der Waals surface area contributed by atoms with Gasteiger partial charge in [0.1, 0.15) is 29.0 Å². The Hall–Kier alpha value is -2.81. The van der Waals surface area contributed by atoms with Gasteiger partial charge in [0, 0.05) is 57.1 Å². The number of aromatic nitrogens is 2. The van der Waals surface area contributed by atoms with Crippen molar-refractivity contribution in [2.75, 3.05) is 69.7 Å². The molecule has 13 nitrogen and oxygen atoms in total. The first-order valence-corrected chi connectivity index (χ1v) is 14.1. The standard InChI is InChI=1S/C26H34ClN7O6/c1-31-8-10-32(11-9-31)17-4-6-33(7-5-17)19-3-2-16(12-20(19)34(36)37)29-26-28-13-18(27)25(30-26)40-22-15-39-23-21(35)14-38-24(22)23/h2-3,12-13,17,21-24,35H,4-11,14-15H2,1H3,(H,28,29,30)/t21-,22-,23-,24-/m1/s1. The van der Waals surface area contributed by atoms with Crippen LogP contribution in [0.5, 0.6) is 5.88 Å². The van der Waals surface area contributed by atoms with Gasteiger partial charge in [-0.05, 0) is 32.0 Å². The summed E-state index contributed by atoms with van der Waals surface area (Å²) in [6.07, 6.45) is 1.33. The molecule has 1 aromatic carbocycles. The Morgan fingerprint density at radius 1 is 1.12 bits per heavy atom. The van der Waals surface area contributed by atoms with E-state index in [0.717, 1.165) is 52.1 Å². The summed E-state index contributed by atoms with van der Waals surface area (Å²) in [7, 11) is 2.15. The number of benzene rings is 1. The molecule has 0 saturated carbocycles. The molecule has 0 radical (unpaired) electrons. The van der Waals surface area contributed by atoms with Gasteiger partial charge in [-0.3, -0.25) is 15.0 Å². The van der Waals surface area contributed by atoms with Crippen LogP contribution in [-0.2, 0) is 9.47 Å². The topological polar surface area (TPSA) is 139 Å². The van der Waals surface area contributed by atoms with Crippen LogP contribution in [0, 0.1) is 10.1 Å². The monoisotopic (exact) mass is 575 g/mol. The number of piperazine rings is 1. The molecule has 2 aromatic rings. The van der Waals surface area contributed by atoms with E-state index in [-0.39, 0.29) is 40.7 Å². The normalized spacial score (nSPS) is 28.0. The average molecular weight is 576 g/mol. The lowest BCUT2D eigenvalue weighted by Gasteiger charge is -2.42. The van der Waals surface area contributed by atoms with Crippen molar-refractivity contribution in [3.05, 3.63) is 39.5 Å². The number of ether oxygens (including phenoxy) is 3. The van der Waals surface area contributed by atoms with E-state index in [4.69, 9.17) is 25.8 Å². The highest BCUT2D eigenvalue weighted by molar-refractivity contribution is 6.31. The van der Waals surface area contributed by atoms with Gasteiger partial charge in [-0.2, -0.15) is 4.98 Å². The fourth-order valence-corrected chi connectivity index (χ4v) is 6.12. The van der Waals surface area contributed by atoms with Gasteiger partial charge in [0.15, 0.2) is 6.10 Å². The van der Waals surface area contributed by atoms with Crippen molar-refractivity contribution in [1.29, 1.82) is 0 Å². The van der Waals surface area contributed by atoms with Crippen molar-refractivity contribution < 1.29 is 24.2 Å². The molecule has 6 rings (SSSR count). The lowest BCUT2D eigenvalue weighted by molar-refractivity contribution is -0.384. The molecule has 0 bridgehead atoms. The lowest BCUT2D eigenvalue weighted by atomic mass is 10.0. The number of nitro benzene ring substituents is 1. The molecule has 0 amide bonds. The van der Waals surface area contributed by atoms with Gasteiger partial charge in [0.2, 0.25) is 11.8 Å². The first-order valence-electron chi connectivity index (χ1n) is 13.7. The predicted molar refractivity (Wildman–Crippen MR) is 148 cm³/mol. The second kappa shape index (κ2) is 11.6. The Bertz CT molecular complexity index is 1220. The van der Waals surface area contributed by atoms with Crippen molar-refractivity contribution in [2.24, 2.45) is 0 Å². The van der Waals surface area contributed by atoms with E-state index >= 15 is 0 Å². The zero-order valence-corrected chi connectivity index (χ0v) is 23.1. The maximum absolute atomic E-state index is 12.0. The number of nitro groups is 1. The third-order valence-corrected chi connectivity index (χ3v) is 8.50. The number of rotatable bonds is 7. The SMILES string of the molecule is CN1CCN(C2CCN(c3ccc(Nc4ncc(Cl)c(O[C@@H]5CO[C@H]6[C@@H]5OC[C@H]6O)n4)cc3[N+](=O)[O-])CC2)CC1. The number of halogens is 1. The summed E-state index contributed by atoms with van der Waals surface area (Å²) < 4.78 is 17.2. The van der Waals surface area contributed by atoms with E-state index in [1.165, 1.54) is 12.3 Å². The average Bonchev–Trinajstić information content (AvgIpc) is 3.53. The van der Waals surface area contributed by atoms with Crippen molar-refractivity contribution in [2.45, 2.75) is 43.3 Å². The first-order chi connectivity index (χ1) is 19.4. The van der Waals surface area contributed by atoms with E-state index in [9.17, 15) is 15.2 Å². The Balaban J connectivity index is 1.12. The zero-order chi connectivity index (χ0) is 27.8. The van der Waals surface area contributed by atoms with Crippen LogP contribution in [0.1, 0.15) is 12.8 Å². The number of aliphatic hydroxyl groups is 1. The van der Waals surface area contributed by atoms with E-state index in [2.05, 4.69) is 37.0 Å². The predicted octanol–water partition coefficient (Wildman–Crippen LogP) is 1.90. The highest BCUT2D eigenvalue weighted by Crippen LogP contribution is 2.35.